The zero-order chi connectivity index (χ0) is 19.8. The van der Waals surface area contributed by atoms with Crippen LogP contribution in [0.25, 0.3) is 6.08 Å². The SMILES string of the molecule is Cc1cc(C)c(OCC(=O)NN=CC=Cc2cccc([N+](=O)[O-])c2)c(Br)c1. The predicted molar refractivity (Wildman–Crippen MR) is 108 cm³/mol. The minimum atomic E-state index is -0.459. The predicted octanol–water partition coefficient (Wildman–Crippen LogP) is 4.17. The van der Waals surface area contributed by atoms with Crippen LogP contribution in [-0.2, 0) is 4.79 Å². The Hall–Kier alpha value is -3.00. The summed E-state index contributed by atoms with van der Waals surface area (Å²) in [5.41, 5.74) is 5.04. The van der Waals surface area contributed by atoms with E-state index in [1.807, 2.05) is 26.0 Å². The molecule has 0 aromatic heterocycles. The number of aryl methyl sites for hydroxylation is 2. The average Bonchev–Trinajstić information content (AvgIpc) is 2.60. The lowest BCUT2D eigenvalue weighted by atomic mass is 10.1. The van der Waals surface area contributed by atoms with Crippen LogP contribution in [0.15, 0.2) is 52.0 Å². The number of nitro benzene ring substituents is 1. The fourth-order valence-corrected chi connectivity index (χ4v) is 3.09. The van der Waals surface area contributed by atoms with Crippen LogP contribution >= 0.6 is 15.9 Å². The second kappa shape index (κ2) is 9.63. The lowest BCUT2D eigenvalue weighted by Crippen LogP contribution is -2.24. The monoisotopic (exact) mass is 431 g/mol. The summed E-state index contributed by atoms with van der Waals surface area (Å²) in [6.45, 7) is 3.71. The van der Waals surface area contributed by atoms with Gasteiger partial charge in [0.1, 0.15) is 5.75 Å². The maximum atomic E-state index is 11.8. The van der Waals surface area contributed by atoms with Gasteiger partial charge in [-0.1, -0.05) is 24.3 Å². The van der Waals surface area contributed by atoms with Crippen LogP contribution in [0.3, 0.4) is 0 Å². The summed E-state index contributed by atoms with van der Waals surface area (Å²) < 4.78 is 6.32. The van der Waals surface area contributed by atoms with Gasteiger partial charge in [-0.05, 0) is 58.6 Å². The van der Waals surface area contributed by atoms with Gasteiger partial charge in [0.25, 0.3) is 11.6 Å². The summed E-state index contributed by atoms with van der Waals surface area (Å²) in [5.74, 6) is 0.215. The molecule has 2 rings (SSSR count). The van der Waals surface area contributed by atoms with Crippen LogP contribution in [0.2, 0.25) is 0 Å². The molecule has 1 N–H and O–H groups in total. The normalized spacial score (nSPS) is 11.1. The minimum absolute atomic E-state index is 0.0112. The van der Waals surface area contributed by atoms with Crippen LogP contribution in [0.1, 0.15) is 16.7 Å². The van der Waals surface area contributed by atoms with E-state index in [-0.39, 0.29) is 12.3 Å². The molecular weight excluding hydrogens is 414 g/mol. The quantitative estimate of drug-likeness (QED) is 0.404. The Morgan fingerprint density at radius 1 is 1.33 bits per heavy atom. The molecule has 140 valence electrons. The number of hydrogen-bond donors (Lipinski definition) is 1. The van der Waals surface area contributed by atoms with Gasteiger partial charge in [-0.2, -0.15) is 5.10 Å². The Balaban J connectivity index is 1.83. The highest BCUT2D eigenvalue weighted by Gasteiger charge is 2.08. The second-order valence-electron chi connectivity index (χ2n) is 5.71. The third-order valence-corrected chi connectivity index (χ3v) is 4.03. The molecule has 0 bridgehead atoms. The van der Waals surface area contributed by atoms with E-state index in [4.69, 9.17) is 4.74 Å². The molecular formula is C19H18BrN3O4. The topological polar surface area (TPSA) is 93.8 Å². The Morgan fingerprint density at radius 3 is 2.81 bits per heavy atom. The number of halogens is 1. The molecule has 0 aliphatic rings. The summed E-state index contributed by atoms with van der Waals surface area (Å²) in [5, 5.41) is 14.5. The van der Waals surface area contributed by atoms with Gasteiger partial charge < -0.3 is 4.74 Å². The number of benzene rings is 2. The number of allylic oxidation sites excluding steroid dienone is 1. The smallest absolute Gasteiger partial charge is 0.277 e. The van der Waals surface area contributed by atoms with E-state index in [1.54, 1.807) is 24.3 Å². The molecule has 1 amide bonds. The van der Waals surface area contributed by atoms with Crippen LogP contribution in [-0.4, -0.2) is 23.7 Å². The lowest BCUT2D eigenvalue weighted by Gasteiger charge is -2.11. The van der Waals surface area contributed by atoms with Gasteiger partial charge in [-0.15, -0.1) is 0 Å². The van der Waals surface area contributed by atoms with Gasteiger partial charge in [0.15, 0.2) is 6.61 Å². The van der Waals surface area contributed by atoms with Gasteiger partial charge >= 0.3 is 0 Å². The molecule has 0 fully saturated rings. The molecule has 0 saturated carbocycles. The molecule has 0 radical (unpaired) electrons. The number of nitrogens with zero attached hydrogens (tertiary/aromatic N) is 2. The van der Waals surface area contributed by atoms with Crippen molar-refractivity contribution in [1.29, 1.82) is 0 Å². The average molecular weight is 432 g/mol. The second-order valence-corrected chi connectivity index (χ2v) is 6.56. The standard InChI is InChI=1S/C19H18BrN3O4/c1-13-9-14(2)19(17(20)10-13)27-12-18(24)22-21-8-4-6-15-5-3-7-16(11-15)23(25)26/h3-11H,12H2,1-2H3,(H,22,24). The Labute approximate surface area is 165 Å². The van der Waals surface area contributed by atoms with Crippen molar-refractivity contribution in [1.82, 2.24) is 5.43 Å². The number of carbonyl (C=O) groups is 1. The molecule has 0 unspecified atom stereocenters. The number of ether oxygens (including phenoxy) is 1. The maximum absolute atomic E-state index is 11.8. The number of rotatable bonds is 7. The van der Waals surface area contributed by atoms with Crippen molar-refractivity contribution in [3.8, 4) is 5.75 Å². The van der Waals surface area contributed by atoms with Crippen molar-refractivity contribution in [2.45, 2.75) is 13.8 Å². The largest absolute Gasteiger partial charge is 0.482 e. The number of carbonyl (C=O) groups excluding carboxylic acids is 1. The van der Waals surface area contributed by atoms with Gasteiger partial charge in [0.2, 0.25) is 0 Å². The lowest BCUT2D eigenvalue weighted by molar-refractivity contribution is -0.384. The first-order valence-electron chi connectivity index (χ1n) is 7.99. The molecule has 2 aromatic carbocycles. The molecule has 0 saturated heterocycles. The summed E-state index contributed by atoms with van der Waals surface area (Å²) >= 11 is 3.42. The number of non-ortho nitro benzene ring substituents is 1. The van der Waals surface area contributed by atoms with Crippen molar-refractivity contribution >= 4 is 39.8 Å². The van der Waals surface area contributed by atoms with E-state index < -0.39 is 10.8 Å². The van der Waals surface area contributed by atoms with Crippen LogP contribution in [0.4, 0.5) is 5.69 Å². The molecule has 2 aromatic rings. The third kappa shape index (κ3) is 6.34. The molecule has 8 heteroatoms. The first-order chi connectivity index (χ1) is 12.9. The first kappa shape index (κ1) is 20.3. The summed E-state index contributed by atoms with van der Waals surface area (Å²) in [7, 11) is 0. The number of amides is 1. The van der Waals surface area contributed by atoms with E-state index in [2.05, 4.69) is 26.5 Å². The van der Waals surface area contributed by atoms with E-state index in [0.717, 1.165) is 15.6 Å². The number of nitro groups is 1. The molecule has 0 aliphatic heterocycles. The number of hydrogen-bond acceptors (Lipinski definition) is 5. The molecule has 27 heavy (non-hydrogen) atoms. The van der Waals surface area contributed by atoms with Gasteiger partial charge in [0.05, 0.1) is 9.40 Å². The van der Waals surface area contributed by atoms with Gasteiger partial charge in [-0.25, -0.2) is 5.43 Å². The zero-order valence-corrected chi connectivity index (χ0v) is 16.4. The van der Waals surface area contributed by atoms with E-state index in [9.17, 15) is 14.9 Å². The van der Waals surface area contributed by atoms with Crippen LogP contribution in [0, 0.1) is 24.0 Å². The van der Waals surface area contributed by atoms with Crippen molar-refractivity contribution in [3.63, 3.8) is 0 Å². The third-order valence-electron chi connectivity index (χ3n) is 3.44. The highest BCUT2D eigenvalue weighted by Crippen LogP contribution is 2.30. The fourth-order valence-electron chi connectivity index (χ4n) is 2.30. The van der Waals surface area contributed by atoms with Crippen molar-refractivity contribution in [2.75, 3.05) is 6.61 Å². The fraction of sp³-hybridized carbons (Fsp3) is 0.158. The number of hydrazone groups is 1. The molecule has 7 nitrogen and oxygen atoms in total. The molecule has 0 heterocycles. The van der Waals surface area contributed by atoms with Crippen molar-refractivity contribution in [2.24, 2.45) is 5.10 Å². The van der Waals surface area contributed by atoms with Gasteiger partial charge in [-0.3, -0.25) is 14.9 Å². The van der Waals surface area contributed by atoms with Gasteiger partial charge in [0, 0.05) is 18.3 Å². The van der Waals surface area contributed by atoms with Crippen molar-refractivity contribution in [3.05, 3.63) is 73.8 Å². The zero-order valence-electron chi connectivity index (χ0n) is 14.8. The molecule has 0 spiro atoms. The highest BCUT2D eigenvalue weighted by atomic mass is 79.9. The number of nitrogens with one attached hydrogen (secondary N) is 1. The Bertz CT molecular complexity index is 887. The highest BCUT2D eigenvalue weighted by molar-refractivity contribution is 9.10. The first-order valence-corrected chi connectivity index (χ1v) is 8.78. The summed E-state index contributed by atoms with van der Waals surface area (Å²) in [6.07, 6.45) is 4.59. The summed E-state index contributed by atoms with van der Waals surface area (Å²) in [6, 6.07) is 10.1. The van der Waals surface area contributed by atoms with E-state index in [0.29, 0.717) is 11.3 Å². The van der Waals surface area contributed by atoms with E-state index >= 15 is 0 Å². The molecule has 0 atom stereocenters. The van der Waals surface area contributed by atoms with E-state index in [1.165, 1.54) is 18.3 Å². The maximum Gasteiger partial charge on any atom is 0.277 e. The minimum Gasteiger partial charge on any atom is -0.482 e. The Kier molecular flexibility index (Phi) is 7.25. The van der Waals surface area contributed by atoms with Crippen molar-refractivity contribution < 1.29 is 14.5 Å². The van der Waals surface area contributed by atoms with Crippen LogP contribution < -0.4 is 10.2 Å². The summed E-state index contributed by atoms with van der Waals surface area (Å²) in [4.78, 5) is 22.1. The van der Waals surface area contributed by atoms with Crippen LogP contribution in [0.5, 0.6) is 5.75 Å². The Morgan fingerprint density at radius 2 is 2.11 bits per heavy atom. The molecule has 0 aliphatic carbocycles.